The van der Waals surface area contributed by atoms with E-state index < -0.39 is 0 Å². The Kier molecular flexibility index (Phi) is 3.03. The smallest absolute Gasteiger partial charge is 0.176 e. The van der Waals surface area contributed by atoms with Gasteiger partial charge >= 0.3 is 0 Å². The molecule has 0 saturated carbocycles. The molecule has 3 nitrogen and oxygen atoms in total. The molecule has 0 aliphatic rings. The van der Waals surface area contributed by atoms with E-state index in [4.69, 9.17) is 10.5 Å². The van der Waals surface area contributed by atoms with Gasteiger partial charge in [0.2, 0.25) is 0 Å². The third kappa shape index (κ3) is 2.06. The van der Waals surface area contributed by atoms with Crippen molar-refractivity contribution in [2.24, 2.45) is 5.73 Å². The minimum Gasteiger partial charge on any atom is -0.497 e. The molecule has 0 amide bonds. The third-order valence-corrected chi connectivity index (χ3v) is 1.92. The summed E-state index contributed by atoms with van der Waals surface area (Å²) < 4.78 is 5.02. The van der Waals surface area contributed by atoms with Crippen LogP contribution in [0.1, 0.15) is 15.9 Å². The van der Waals surface area contributed by atoms with Gasteiger partial charge in [-0.2, -0.15) is 0 Å². The molecule has 0 atom stereocenters. The fourth-order valence-corrected chi connectivity index (χ4v) is 1.19. The number of ketones is 1. The molecule has 13 heavy (non-hydrogen) atoms. The van der Waals surface area contributed by atoms with E-state index in [9.17, 15) is 4.79 Å². The maximum atomic E-state index is 11.3. The highest BCUT2D eigenvalue weighted by molar-refractivity contribution is 5.98. The lowest BCUT2D eigenvalue weighted by molar-refractivity contribution is 0.100. The first kappa shape index (κ1) is 9.74. The lowest BCUT2D eigenvalue weighted by atomic mass is 10.0. The molecule has 0 aromatic heterocycles. The molecule has 1 aromatic carbocycles. The van der Waals surface area contributed by atoms with E-state index in [0.717, 1.165) is 11.3 Å². The lowest BCUT2D eigenvalue weighted by Gasteiger charge is -2.05. The zero-order chi connectivity index (χ0) is 9.84. The van der Waals surface area contributed by atoms with Crippen molar-refractivity contribution < 1.29 is 9.53 Å². The lowest BCUT2D eigenvalue weighted by Crippen LogP contribution is -2.14. The van der Waals surface area contributed by atoms with Crippen LogP contribution < -0.4 is 10.5 Å². The van der Waals surface area contributed by atoms with Crippen molar-refractivity contribution in [1.82, 2.24) is 0 Å². The van der Waals surface area contributed by atoms with Gasteiger partial charge in [0.05, 0.1) is 13.7 Å². The van der Waals surface area contributed by atoms with Crippen molar-refractivity contribution in [3.8, 4) is 5.75 Å². The minimum absolute atomic E-state index is 0.0415. The van der Waals surface area contributed by atoms with Gasteiger partial charge in [-0.05, 0) is 30.7 Å². The van der Waals surface area contributed by atoms with E-state index >= 15 is 0 Å². The second-order valence-corrected chi connectivity index (χ2v) is 2.81. The summed E-state index contributed by atoms with van der Waals surface area (Å²) in [6, 6.07) is 5.32. The van der Waals surface area contributed by atoms with E-state index in [1.807, 2.05) is 13.0 Å². The SMILES string of the molecule is COc1ccc(C(=O)CN)c(C)c1. The average molecular weight is 179 g/mol. The maximum Gasteiger partial charge on any atom is 0.176 e. The predicted octanol–water partition coefficient (Wildman–Crippen LogP) is 1.15. The molecular formula is C10H13NO2. The van der Waals surface area contributed by atoms with Crippen LogP contribution >= 0.6 is 0 Å². The molecule has 0 saturated heterocycles. The number of methoxy groups -OCH3 is 1. The first-order valence-corrected chi connectivity index (χ1v) is 4.07. The van der Waals surface area contributed by atoms with E-state index in [0.29, 0.717) is 5.56 Å². The average Bonchev–Trinajstić information content (AvgIpc) is 2.16. The number of benzene rings is 1. The van der Waals surface area contributed by atoms with Crippen LogP contribution in [0.4, 0.5) is 0 Å². The van der Waals surface area contributed by atoms with Crippen molar-refractivity contribution in [3.05, 3.63) is 29.3 Å². The number of carbonyl (C=O) groups excluding carboxylic acids is 1. The summed E-state index contributed by atoms with van der Waals surface area (Å²) in [5.74, 6) is 0.714. The van der Waals surface area contributed by atoms with E-state index in [1.54, 1.807) is 19.2 Å². The van der Waals surface area contributed by atoms with Crippen LogP contribution in [0, 0.1) is 6.92 Å². The van der Waals surface area contributed by atoms with Gasteiger partial charge in [0.1, 0.15) is 5.75 Å². The van der Waals surface area contributed by atoms with Gasteiger partial charge < -0.3 is 10.5 Å². The van der Waals surface area contributed by atoms with E-state index in [-0.39, 0.29) is 12.3 Å². The Balaban J connectivity index is 3.05. The summed E-state index contributed by atoms with van der Waals surface area (Å²) in [4.78, 5) is 11.3. The summed E-state index contributed by atoms with van der Waals surface area (Å²) in [6.45, 7) is 1.92. The van der Waals surface area contributed by atoms with E-state index in [1.165, 1.54) is 0 Å². The number of ether oxygens (including phenoxy) is 1. The highest BCUT2D eigenvalue weighted by atomic mass is 16.5. The van der Waals surface area contributed by atoms with Crippen molar-refractivity contribution in [2.75, 3.05) is 13.7 Å². The summed E-state index contributed by atoms with van der Waals surface area (Å²) in [7, 11) is 1.60. The standard InChI is InChI=1S/C10H13NO2/c1-7-5-8(13-2)3-4-9(7)10(12)6-11/h3-5H,6,11H2,1-2H3. The summed E-state index contributed by atoms with van der Waals surface area (Å²) >= 11 is 0. The van der Waals surface area contributed by atoms with Crippen molar-refractivity contribution >= 4 is 5.78 Å². The predicted molar refractivity (Wildman–Crippen MR) is 51.1 cm³/mol. The van der Waals surface area contributed by atoms with Crippen LogP contribution in [-0.2, 0) is 0 Å². The zero-order valence-corrected chi connectivity index (χ0v) is 7.83. The Morgan fingerprint density at radius 2 is 2.23 bits per heavy atom. The number of Topliss-reactive ketones (excluding diaryl/α,β-unsaturated/α-hetero) is 1. The van der Waals surface area contributed by atoms with Gasteiger partial charge in [0.25, 0.3) is 0 Å². The molecule has 3 heteroatoms. The Morgan fingerprint density at radius 1 is 1.54 bits per heavy atom. The Hall–Kier alpha value is -1.35. The van der Waals surface area contributed by atoms with Gasteiger partial charge in [-0.3, -0.25) is 4.79 Å². The first-order chi connectivity index (χ1) is 6.19. The highest BCUT2D eigenvalue weighted by Gasteiger charge is 2.06. The van der Waals surface area contributed by atoms with Gasteiger partial charge in [-0.1, -0.05) is 0 Å². The number of hydrogen-bond acceptors (Lipinski definition) is 3. The second kappa shape index (κ2) is 4.05. The van der Waals surface area contributed by atoms with Crippen molar-refractivity contribution in [2.45, 2.75) is 6.92 Å². The van der Waals surface area contributed by atoms with E-state index in [2.05, 4.69) is 0 Å². The van der Waals surface area contributed by atoms with Gasteiger partial charge in [0.15, 0.2) is 5.78 Å². The fraction of sp³-hybridized carbons (Fsp3) is 0.300. The molecule has 0 unspecified atom stereocenters. The molecule has 0 aliphatic carbocycles. The second-order valence-electron chi connectivity index (χ2n) is 2.81. The molecular weight excluding hydrogens is 166 g/mol. The topological polar surface area (TPSA) is 52.3 Å². The van der Waals surface area contributed by atoms with Crippen molar-refractivity contribution in [1.29, 1.82) is 0 Å². The molecule has 2 N–H and O–H groups in total. The highest BCUT2D eigenvalue weighted by Crippen LogP contribution is 2.16. The molecule has 0 fully saturated rings. The molecule has 0 radical (unpaired) electrons. The Bertz CT molecular complexity index is 321. The number of hydrogen-bond donors (Lipinski definition) is 1. The molecule has 0 spiro atoms. The third-order valence-electron chi connectivity index (χ3n) is 1.92. The molecule has 0 heterocycles. The number of rotatable bonds is 3. The molecule has 70 valence electrons. The van der Waals surface area contributed by atoms with Crippen LogP contribution in [0.25, 0.3) is 0 Å². The zero-order valence-electron chi connectivity index (χ0n) is 7.83. The molecule has 1 rings (SSSR count). The largest absolute Gasteiger partial charge is 0.497 e. The minimum atomic E-state index is -0.0415. The van der Waals surface area contributed by atoms with Crippen molar-refractivity contribution in [3.63, 3.8) is 0 Å². The molecule has 0 bridgehead atoms. The van der Waals surface area contributed by atoms with Crippen LogP contribution in [0.5, 0.6) is 5.75 Å². The van der Waals surface area contributed by atoms with Gasteiger partial charge in [0, 0.05) is 5.56 Å². The summed E-state index contributed by atoms with van der Waals surface area (Å²) in [5, 5.41) is 0. The Labute approximate surface area is 77.5 Å². The van der Waals surface area contributed by atoms with Crippen LogP contribution in [0.2, 0.25) is 0 Å². The monoisotopic (exact) mass is 179 g/mol. The Morgan fingerprint density at radius 3 is 2.69 bits per heavy atom. The maximum absolute atomic E-state index is 11.3. The van der Waals surface area contributed by atoms with Crippen LogP contribution in [0.3, 0.4) is 0 Å². The van der Waals surface area contributed by atoms with Crippen LogP contribution in [-0.4, -0.2) is 19.4 Å². The number of nitrogens with two attached hydrogens (primary N) is 1. The number of carbonyl (C=O) groups is 1. The summed E-state index contributed by atoms with van der Waals surface area (Å²) in [6.07, 6.45) is 0. The molecule has 1 aromatic rings. The summed E-state index contributed by atoms with van der Waals surface area (Å²) in [5.41, 5.74) is 6.83. The first-order valence-electron chi connectivity index (χ1n) is 4.07. The normalized spacial score (nSPS) is 9.77. The fourth-order valence-electron chi connectivity index (χ4n) is 1.19. The molecule has 0 aliphatic heterocycles. The quantitative estimate of drug-likeness (QED) is 0.708. The van der Waals surface area contributed by atoms with Gasteiger partial charge in [-0.15, -0.1) is 0 Å². The number of aryl methyl sites for hydroxylation is 1. The van der Waals surface area contributed by atoms with Gasteiger partial charge in [-0.25, -0.2) is 0 Å². The van der Waals surface area contributed by atoms with Crippen LogP contribution in [0.15, 0.2) is 18.2 Å².